The van der Waals surface area contributed by atoms with E-state index >= 15 is 0 Å². The highest BCUT2D eigenvalue weighted by atomic mass is 32.2. The van der Waals surface area contributed by atoms with E-state index in [1.54, 1.807) is 0 Å². The molecule has 1 aromatic rings. The Kier molecular flexibility index (Phi) is 5.59. The van der Waals surface area contributed by atoms with Crippen LogP contribution in [0.1, 0.15) is 43.7 Å². The van der Waals surface area contributed by atoms with Crippen LogP contribution >= 0.6 is 23.5 Å². The summed E-state index contributed by atoms with van der Waals surface area (Å²) in [5, 5.41) is 7.91. The van der Waals surface area contributed by atoms with E-state index in [4.69, 9.17) is 4.52 Å². The maximum Gasteiger partial charge on any atom is 0.231 e. The molecule has 1 saturated heterocycles. The van der Waals surface area contributed by atoms with E-state index in [2.05, 4.69) is 36.2 Å². The third kappa shape index (κ3) is 3.67. The Balaban J connectivity index is 2.13. The van der Waals surface area contributed by atoms with Gasteiger partial charge in [0.25, 0.3) is 0 Å². The summed E-state index contributed by atoms with van der Waals surface area (Å²) in [4.78, 5) is 4.67. The Morgan fingerprint density at radius 3 is 2.68 bits per heavy atom. The van der Waals surface area contributed by atoms with Gasteiger partial charge in [-0.1, -0.05) is 19.0 Å². The van der Waals surface area contributed by atoms with Gasteiger partial charge in [-0.2, -0.15) is 16.7 Å². The van der Waals surface area contributed by atoms with Gasteiger partial charge in [0.2, 0.25) is 5.89 Å². The summed E-state index contributed by atoms with van der Waals surface area (Å²) in [6, 6.07) is 0.335. The summed E-state index contributed by atoms with van der Waals surface area (Å²) in [5.41, 5.74) is 0. The molecule has 1 N–H and O–H groups in total. The van der Waals surface area contributed by atoms with Crippen molar-refractivity contribution in [3.63, 3.8) is 0 Å². The fourth-order valence-electron chi connectivity index (χ4n) is 2.41. The van der Waals surface area contributed by atoms with Gasteiger partial charge in [0.05, 0.1) is 11.2 Å². The van der Waals surface area contributed by atoms with Crippen molar-refractivity contribution < 1.29 is 4.52 Å². The molecule has 19 heavy (non-hydrogen) atoms. The van der Waals surface area contributed by atoms with Gasteiger partial charge in [-0.25, -0.2) is 0 Å². The maximum absolute atomic E-state index is 5.54. The first-order chi connectivity index (χ1) is 9.13. The zero-order chi connectivity index (χ0) is 13.8. The Labute approximate surface area is 123 Å². The van der Waals surface area contributed by atoms with Crippen LogP contribution in [0.5, 0.6) is 0 Å². The maximum atomic E-state index is 5.54. The van der Waals surface area contributed by atoms with Gasteiger partial charge in [-0.05, 0) is 19.9 Å². The van der Waals surface area contributed by atoms with Gasteiger partial charge in [-0.15, -0.1) is 11.8 Å². The van der Waals surface area contributed by atoms with Crippen LogP contribution in [-0.2, 0) is 0 Å². The number of nitrogens with one attached hydrogen (secondary N) is 1. The molecule has 0 amide bonds. The molecule has 6 heteroatoms. The van der Waals surface area contributed by atoms with Crippen molar-refractivity contribution in [2.75, 3.05) is 24.3 Å². The molecule has 1 aromatic heterocycles. The molecule has 1 fully saturated rings. The Bertz CT molecular complexity index is 391. The standard InChI is InChI=1S/C13H23N3OS2/c1-8(2)11(9(3)14-4)13-15-12(16-17-13)10-7-18-5-6-19-10/h8-11,14H,5-7H2,1-4H3. The molecular weight excluding hydrogens is 278 g/mol. The third-order valence-corrected chi connectivity index (χ3v) is 6.31. The predicted molar refractivity (Wildman–Crippen MR) is 82.9 cm³/mol. The molecule has 0 aliphatic carbocycles. The van der Waals surface area contributed by atoms with E-state index in [-0.39, 0.29) is 5.92 Å². The Morgan fingerprint density at radius 2 is 2.11 bits per heavy atom. The number of likely N-dealkylation sites (N-methyl/N-ethyl adjacent to an activating group) is 1. The van der Waals surface area contributed by atoms with Crippen molar-refractivity contribution in [3.8, 4) is 0 Å². The van der Waals surface area contributed by atoms with Crippen molar-refractivity contribution in [2.24, 2.45) is 5.92 Å². The van der Waals surface area contributed by atoms with E-state index < -0.39 is 0 Å². The third-order valence-electron chi connectivity index (χ3n) is 3.56. The SMILES string of the molecule is CNC(C)C(c1nc(C2CSCCS2)no1)C(C)C. The number of hydrogen-bond donors (Lipinski definition) is 1. The quantitative estimate of drug-likeness (QED) is 0.902. The smallest absolute Gasteiger partial charge is 0.231 e. The van der Waals surface area contributed by atoms with Gasteiger partial charge in [0.15, 0.2) is 5.82 Å². The molecule has 0 spiro atoms. The molecule has 0 aromatic carbocycles. The molecule has 3 unspecified atom stereocenters. The van der Waals surface area contributed by atoms with Crippen LogP contribution in [0.4, 0.5) is 0 Å². The van der Waals surface area contributed by atoms with Crippen LogP contribution in [0.15, 0.2) is 4.52 Å². The van der Waals surface area contributed by atoms with Crippen LogP contribution in [0.3, 0.4) is 0 Å². The molecule has 1 aliphatic heterocycles. The van der Waals surface area contributed by atoms with Crippen molar-refractivity contribution in [3.05, 3.63) is 11.7 Å². The lowest BCUT2D eigenvalue weighted by molar-refractivity contribution is 0.284. The first-order valence-corrected chi connectivity index (χ1v) is 9.04. The fraction of sp³-hybridized carbons (Fsp3) is 0.846. The monoisotopic (exact) mass is 301 g/mol. The highest BCUT2D eigenvalue weighted by molar-refractivity contribution is 8.06. The van der Waals surface area contributed by atoms with Gasteiger partial charge < -0.3 is 9.84 Å². The minimum Gasteiger partial charge on any atom is -0.339 e. The second-order valence-electron chi connectivity index (χ2n) is 5.27. The zero-order valence-electron chi connectivity index (χ0n) is 12.0. The molecule has 2 heterocycles. The fourth-order valence-corrected chi connectivity index (χ4v) is 5.00. The largest absolute Gasteiger partial charge is 0.339 e. The summed E-state index contributed by atoms with van der Waals surface area (Å²) < 4.78 is 5.54. The average molecular weight is 301 g/mol. The second kappa shape index (κ2) is 6.99. The van der Waals surface area contributed by atoms with Crippen LogP contribution in [0.2, 0.25) is 0 Å². The van der Waals surface area contributed by atoms with Crippen molar-refractivity contribution >= 4 is 23.5 Å². The van der Waals surface area contributed by atoms with Crippen LogP contribution in [0.25, 0.3) is 0 Å². The highest BCUT2D eigenvalue weighted by Gasteiger charge is 2.29. The Morgan fingerprint density at radius 1 is 1.32 bits per heavy atom. The second-order valence-corrected chi connectivity index (χ2v) is 7.73. The lowest BCUT2D eigenvalue weighted by Crippen LogP contribution is -2.32. The van der Waals surface area contributed by atoms with Crippen molar-refractivity contribution in [2.45, 2.75) is 38.0 Å². The lowest BCUT2D eigenvalue weighted by Gasteiger charge is -2.23. The normalized spacial score (nSPS) is 23.5. The minimum atomic E-state index is 0.271. The number of rotatable bonds is 5. The number of thioether (sulfide) groups is 2. The lowest BCUT2D eigenvalue weighted by atomic mass is 9.89. The first kappa shape index (κ1) is 15.2. The molecular formula is C13H23N3OS2. The molecule has 4 nitrogen and oxygen atoms in total. The summed E-state index contributed by atoms with van der Waals surface area (Å²) in [7, 11) is 1.98. The average Bonchev–Trinajstić information content (AvgIpc) is 2.88. The Hall–Kier alpha value is -0.200. The number of hydrogen-bond acceptors (Lipinski definition) is 6. The van der Waals surface area contributed by atoms with Gasteiger partial charge in [-0.3, -0.25) is 0 Å². The summed E-state index contributed by atoms with van der Waals surface area (Å²) >= 11 is 3.92. The van der Waals surface area contributed by atoms with Crippen LogP contribution < -0.4 is 5.32 Å². The van der Waals surface area contributed by atoms with Gasteiger partial charge >= 0.3 is 0 Å². The first-order valence-electron chi connectivity index (χ1n) is 6.83. The van der Waals surface area contributed by atoms with Gasteiger partial charge in [0, 0.05) is 23.3 Å². The molecule has 3 atom stereocenters. The van der Waals surface area contributed by atoms with E-state index in [9.17, 15) is 0 Å². The minimum absolute atomic E-state index is 0.271. The van der Waals surface area contributed by atoms with Crippen molar-refractivity contribution in [1.29, 1.82) is 0 Å². The molecule has 0 saturated carbocycles. The highest BCUT2D eigenvalue weighted by Crippen LogP contribution is 2.36. The number of nitrogens with zero attached hydrogens (tertiary/aromatic N) is 2. The van der Waals surface area contributed by atoms with Crippen LogP contribution in [0, 0.1) is 5.92 Å². The molecule has 0 bridgehead atoms. The van der Waals surface area contributed by atoms with Crippen molar-refractivity contribution in [1.82, 2.24) is 15.5 Å². The topological polar surface area (TPSA) is 51.0 Å². The predicted octanol–water partition coefficient (Wildman–Crippen LogP) is 2.94. The van der Waals surface area contributed by atoms with E-state index in [0.717, 1.165) is 17.5 Å². The molecule has 2 rings (SSSR count). The zero-order valence-corrected chi connectivity index (χ0v) is 13.7. The van der Waals surface area contributed by atoms with E-state index in [0.29, 0.717) is 17.2 Å². The summed E-state index contributed by atoms with van der Waals surface area (Å²) in [6.07, 6.45) is 0. The molecule has 1 aliphatic rings. The van der Waals surface area contributed by atoms with E-state index in [1.807, 2.05) is 30.6 Å². The van der Waals surface area contributed by atoms with Crippen LogP contribution in [-0.4, -0.2) is 40.5 Å². The van der Waals surface area contributed by atoms with Gasteiger partial charge in [0.1, 0.15) is 0 Å². The number of aromatic nitrogens is 2. The summed E-state index contributed by atoms with van der Waals surface area (Å²) in [6.45, 7) is 6.57. The summed E-state index contributed by atoms with van der Waals surface area (Å²) in [5.74, 6) is 5.91. The van der Waals surface area contributed by atoms with E-state index in [1.165, 1.54) is 11.5 Å². The molecule has 0 radical (unpaired) electrons. The molecule has 108 valence electrons.